The summed E-state index contributed by atoms with van der Waals surface area (Å²) in [6, 6.07) is 15.0. The number of carboxylic acid groups (broad SMARTS) is 1. The minimum atomic E-state index is -1.12. The quantitative estimate of drug-likeness (QED) is 0.117. The third-order valence-corrected chi connectivity index (χ3v) is 6.93. The lowest BCUT2D eigenvalue weighted by molar-refractivity contribution is -0.870. The number of aliphatic carboxylic acids is 1. The number of benzene rings is 2. The number of nitrogens with zero attached hydrogens (tertiary/aromatic N) is 1. The molecule has 0 radical (unpaired) electrons. The van der Waals surface area contributed by atoms with Gasteiger partial charge in [-0.05, 0) is 41.5 Å². The smallest absolute Gasteiger partial charge is 0.407 e. The molecule has 2 aromatic rings. The van der Waals surface area contributed by atoms with Crippen molar-refractivity contribution in [3.63, 3.8) is 0 Å². The van der Waals surface area contributed by atoms with Gasteiger partial charge in [0.2, 0.25) is 5.91 Å². The highest BCUT2D eigenvalue weighted by molar-refractivity contribution is 5.81. The number of hydrogen-bond donors (Lipinski definition) is 3. The number of amides is 2. The highest BCUT2D eigenvalue weighted by Crippen LogP contribution is 2.44. The van der Waals surface area contributed by atoms with E-state index >= 15 is 0 Å². The molecule has 0 spiro atoms. The van der Waals surface area contributed by atoms with Gasteiger partial charge in [0.1, 0.15) is 19.2 Å². The maximum atomic E-state index is 12.5. The first-order valence-corrected chi connectivity index (χ1v) is 14.2. The summed E-state index contributed by atoms with van der Waals surface area (Å²) < 4.78 is 17.3. The molecule has 1 atom stereocenters. The summed E-state index contributed by atoms with van der Waals surface area (Å²) in [6.45, 7) is 3.37. The van der Waals surface area contributed by atoms with Gasteiger partial charge in [-0.3, -0.25) is 4.79 Å². The van der Waals surface area contributed by atoms with Gasteiger partial charge in [0.25, 0.3) is 0 Å². The molecule has 3 N–H and O–H groups in total. The first-order chi connectivity index (χ1) is 19.7. The van der Waals surface area contributed by atoms with E-state index in [9.17, 15) is 19.5 Å². The van der Waals surface area contributed by atoms with E-state index in [2.05, 4.69) is 43.9 Å². The van der Waals surface area contributed by atoms with Gasteiger partial charge >= 0.3 is 12.1 Å². The van der Waals surface area contributed by atoms with Gasteiger partial charge in [0.05, 0.1) is 47.6 Å². The maximum Gasteiger partial charge on any atom is 0.407 e. The maximum absolute atomic E-state index is 12.5. The van der Waals surface area contributed by atoms with Crippen molar-refractivity contribution in [2.24, 2.45) is 0 Å². The number of nitrogens with one attached hydrogen (secondary N) is 2. The Kier molecular flexibility index (Phi) is 15.2. The predicted octanol–water partition coefficient (Wildman–Crippen LogP) is 0.398. The number of carboxylic acids is 1. The lowest BCUT2D eigenvalue weighted by Crippen LogP contribution is -3.00. The lowest BCUT2D eigenvalue weighted by atomic mass is 9.98. The molecule has 0 saturated heterocycles. The SMILES string of the molecule is C[N+](C)(C)CCOCCOCCC(=O)NCCCC[C@H](NC(=O)OCC1c2ccccc2-c2ccccc21)C(=O)O.[I-]. The Balaban J connectivity index is 0.00000616. The largest absolute Gasteiger partial charge is 1.00 e. The van der Waals surface area contributed by atoms with Gasteiger partial charge in [-0.1, -0.05) is 48.5 Å². The number of carbonyl (C=O) groups excluding carboxylic acids is 2. The van der Waals surface area contributed by atoms with Gasteiger partial charge in [0, 0.05) is 18.9 Å². The molecule has 0 saturated carbocycles. The summed E-state index contributed by atoms with van der Waals surface area (Å²) in [7, 11) is 6.31. The molecule has 1 aliphatic carbocycles. The summed E-state index contributed by atoms with van der Waals surface area (Å²) in [6.07, 6.45) is 0.823. The molecular weight excluding hydrogens is 653 g/mol. The Morgan fingerprint density at radius 3 is 2.07 bits per heavy atom. The highest BCUT2D eigenvalue weighted by Gasteiger charge is 2.29. The van der Waals surface area contributed by atoms with Crippen LogP contribution >= 0.6 is 0 Å². The average molecular weight is 698 g/mol. The number of hydrogen-bond acceptors (Lipinski definition) is 6. The van der Waals surface area contributed by atoms with Gasteiger partial charge in [0.15, 0.2) is 0 Å². The number of unbranched alkanes of at least 4 members (excludes halogenated alkanes) is 1. The zero-order valence-corrected chi connectivity index (χ0v) is 26.9. The average Bonchev–Trinajstić information content (AvgIpc) is 3.25. The van der Waals surface area contributed by atoms with Crippen LogP contribution in [0.3, 0.4) is 0 Å². The van der Waals surface area contributed by atoms with Crippen molar-refractivity contribution in [3.8, 4) is 11.1 Å². The first-order valence-electron chi connectivity index (χ1n) is 14.2. The topological polar surface area (TPSA) is 123 Å². The second-order valence-corrected chi connectivity index (χ2v) is 11.2. The van der Waals surface area contributed by atoms with E-state index in [-0.39, 0.29) is 55.3 Å². The van der Waals surface area contributed by atoms with Crippen molar-refractivity contribution < 1.29 is 62.2 Å². The molecule has 10 nitrogen and oxygen atoms in total. The van der Waals surface area contributed by atoms with Crippen LogP contribution in [-0.2, 0) is 23.8 Å². The van der Waals surface area contributed by atoms with Crippen molar-refractivity contribution in [1.82, 2.24) is 10.6 Å². The Labute approximate surface area is 265 Å². The second-order valence-electron chi connectivity index (χ2n) is 11.2. The Hall–Kier alpha value is -2.74. The zero-order chi connectivity index (χ0) is 29.7. The molecule has 0 aromatic heterocycles. The molecule has 0 aliphatic heterocycles. The summed E-state index contributed by atoms with van der Waals surface area (Å²) >= 11 is 0. The lowest BCUT2D eigenvalue weighted by Gasteiger charge is -2.23. The van der Waals surface area contributed by atoms with Gasteiger partial charge in [-0.25, -0.2) is 9.59 Å². The Bertz CT molecular complexity index is 1110. The number of likely N-dealkylation sites (N-methyl/N-ethyl adjacent to an activating group) is 1. The van der Waals surface area contributed by atoms with E-state index in [1.165, 1.54) is 0 Å². The molecule has 0 heterocycles. The number of carbonyl (C=O) groups is 3. The van der Waals surface area contributed by atoms with Gasteiger partial charge in [-0.15, -0.1) is 0 Å². The van der Waals surface area contributed by atoms with Crippen molar-refractivity contribution >= 4 is 18.0 Å². The molecule has 1 aliphatic rings. The van der Waals surface area contributed by atoms with E-state index in [0.29, 0.717) is 45.8 Å². The molecule has 3 rings (SSSR count). The van der Waals surface area contributed by atoms with Crippen LogP contribution in [0.2, 0.25) is 0 Å². The van der Waals surface area contributed by atoms with E-state index in [4.69, 9.17) is 14.2 Å². The normalized spacial score (nSPS) is 12.9. The van der Waals surface area contributed by atoms with Crippen LogP contribution in [0.1, 0.15) is 42.7 Å². The number of rotatable bonds is 18. The van der Waals surface area contributed by atoms with Crippen LogP contribution in [0.25, 0.3) is 11.1 Å². The molecule has 0 fully saturated rings. The molecule has 232 valence electrons. The zero-order valence-electron chi connectivity index (χ0n) is 24.8. The summed E-state index contributed by atoms with van der Waals surface area (Å²) in [5.41, 5.74) is 4.42. The monoisotopic (exact) mass is 697 g/mol. The number of ether oxygens (including phenoxy) is 3. The predicted molar refractivity (Wildman–Crippen MR) is 156 cm³/mol. The second kappa shape index (κ2) is 18.0. The summed E-state index contributed by atoms with van der Waals surface area (Å²) in [5.74, 6) is -1.35. The van der Waals surface area contributed by atoms with Crippen LogP contribution in [0, 0.1) is 0 Å². The van der Waals surface area contributed by atoms with E-state index in [1.807, 2.05) is 36.4 Å². The fourth-order valence-electron chi connectivity index (χ4n) is 4.65. The third kappa shape index (κ3) is 11.9. The molecule has 11 heteroatoms. The van der Waals surface area contributed by atoms with Crippen molar-refractivity contribution in [3.05, 3.63) is 59.7 Å². The van der Waals surface area contributed by atoms with Crippen LogP contribution < -0.4 is 34.6 Å². The van der Waals surface area contributed by atoms with Crippen LogP contribution in [-0.4, -0.2) is 101 Å². The van der Waals surface area contributed by atoms with Crippen LogP contribution in [0.4, 0.5) is 4.79 Å². The molecular formula is C31H44IN3O7. The molecule has 2 amide bonds. The number of halogens is 1. The minimum Gasteiger partial charge on any atom is -1.00 e. The first kappa shape index (κ1) is 35.5. The molecule has 0 bridgehead atoms. The third-order valence-electron chi connectivity index (χ3n) is 6.93. The number of quaternary nitrogens is 1. The number of alkyl carbamates (subject to hydrolysis) is 1. The van der Waals surface area contributed by atoms with Crippen molar-refractivity contribution in [2.75, 3.05) is 67.3 Å². The fourth-order valence-corrected chi connectivity index (χ4v) is 4.65. The Morgan fingerprint density at radius 2 is 1.48 bits per heavy atom. The Morgan fingerprint density at radius 1 is 0.881 bits per heavy atom. The van der Waals surface area contributed by atoms with Gasteiger partial charge < -0.3 is 58.4 Å². The fraction of sp³-hybridized carbons (Fsp3) is 0.516. The van der Waals surface area contributed by atoms with E-state index in [0.717, 1.165) is 33.3 Å². The highest BCUT2D eigenvalue weighted by atomic mass is 127. The minimum absolute atomic E-state index is 0. The van der Waals surface area contributed by atoms with Crippen molar-refractivity contribution in [2.45, 2.75) is 37.6 Å². The van der Waals surface area contributed by atoms with Gasteiger partial charge in [-0.2, -0.15) is 0 Å². The molecule has 42 heavy (non-hydrogen) atoms. The van der Waals surface area contributed by atoms with Crippen LogP contribution in [0.5, 0.6) is 0 Å². The van der Waals surface area contributed by atoms with Crippen LogP contribution in [0.15, 0.2) is 48.5 Å². The van der Waals surface area contributed by atoms with E-state index in [1.54, 1.807) is 0 Å². The van der Waals surface area contributed by atoms with E-state index < -0.39 is 18.1 Å². The molecule has 0 unspecified atom stereocenters. The van der Waals surface area contributed by atoms with Crippen molar-refractivity contribution in [1.29, 1.82) is 0 Å². The standard InChI is InChI=1S/C31H43N3O7.HI/c1-34(2,3)17-19-40-21-20-39-18-15-29(35)32-16-9-8-14-28(30(36)37)33-31(38)41-22-27-25-12-6-4-10-23(25)24-11-5-7-13-26(24)27;/h4-7,10-13,27-28H,8-9,14-22H2,1-3H3,(H2-,32,33,35,36,37,38);1H/t28-;/m0./s1. The number of fused-ring (bicyclic) bond motifs is 3. The molecule has 2 aromatic carbocycles. The summed E-state index contributed by atoms with van der Waals surface area (Å²) in [4.78, 5) is 36.2. The summed E-state index contributed by atoms with van der Waals surface area (Å²) in [5, 5.41) is 14.8.